The van der Waals surface area contributed by atoms with Gasteiger partial charge >= 0.3 is 0 Å². The number of fused-ring (bicyclic) bond motifs is 1. The molecule has 3 heterocycles. The Labute approximate surface area is 170 Å². The van der Waals surface area contributed by atoms with Crippen LogP contribution in [-0.4, -0.2) is 55.1 Å². The van der Waals surface area contributed by atoms with Crippen molar-refractivity contribution in [3.8, 4) is 11.4 Å². The summed E-state index contributed by atoms with van der Waals surface area (Å²) in [6.45, 7) is 1.65. The highest BCUT2D eigenvalue weighted by Gasteiger charge is 2.36. The second-order valence-corrected chi connectivity index (χ2v) is 9.83. The maximum absolute atomic E-state index is 12.1. The molecule has 0 unspecified atom stereocenters. The minimum absolute atomic E-state index is 0.134. The fourth-order valence-corrected chi connectivity index (χ4v) is 5.34. The number of nitrogens with one attached hydrogen (secondary N) is 1. The van der Waals surface area contributed by atoms with Crippen LogP contribution in [0.2, 0.25) is 0 Å². The molecule has 0 spiro atoms. The van der Waals surface area contributed by atoms with Crippen molar-refractivity contribution in [2.24, 2.45) is 5.41 Å². The number of nitrogens with zero attached hydrogens (tertiary/aromatic N) is 3. The summed E-state index contributed by atoms with van der Waals surface area (Å²) >= 11 is 0. The summed E-state index contributed by atoms with van der Waals surface area (Å²) in [5.74, 6) is 1.42. The highest BCUT2D eigenvalue weighted by molar-refractivity contribution is 7.90. The quantitative estimate of drug-likeness (QED) is 0.665. The molecule has 1 N–H and O–H groups in total. The number of anilines is 1. The molecule has 3 aromatic rings. The second-order valence-electron chi connectivity index (χ2n) is 7.69. The molecule has 8 heteroatoms. The van der Waals surface area contributed by atoms with Crippen molar-refractivity contribution in [3.05, 3.63) is 48.8 Å². The summed E-state index contributed by atoms with van der Waals surface area (Å²) in [5, 5.41) is 4.34. The van der Waals surface area contributed by atoms with Crippen LogP contribution in [0, 0.1) is 5.41 Å². The van der Waals surface area contributed by atoms with E-state index in [-0.39, 0.29) is 11.2 Å². The van der Waals surface area contributed by atoms with Gasteiger partial charge in [0.2, 0.25) is 0 Å². The normalized spacial score (nSPS) is 16.6. The zero-order valence-corrected chi connectivity index (χ0v) is 17.2. The zero-order chi connectivity index (χ0) is 20.3. The van der Waals surface area contributed by atoms with E-state index in [0.717, 1.165) is 16.5 Å². The summed E-state index contributed by atoms with van der Waals surface area (Å²) in [4.78, 5) is 13.6. The van der Waals surface area contributed by atoms with Crippen molar-refractivity contribution in [3.63, 3.8) is 0 Å². The molecule has 2 aromatic heterocycles. The number of para-hydroxylation sites is 1. The minimum Gasteiger partial charge on any atom is -0.381 e. The summed E-state index contributed by atoms with van der Waals surface area (Å²) in [5.41, 5.74) is 1.29. The van der Waals surface area contributed by atoms with Crippen molar-refractivity contribution in [2.75, 3.05) is 37.1 Å². The Kier molecular flexibility index (Phi) is 5.47. The first-order valence-corrected chi connectivity index (χ1v) is 11.7. The lowest BCUT2D eigenvalue weighted by Gasteiger charge is -2.37. The highest BCUT2D eigenvalue weighted by atomic mass is 32.2. The molecule has 1 fully saturated rings. The van der Waals surface area contributed by atoms with Crippen LogP contribution >= 0.6 is 0 Å². The number of aromatic nitrogens is 3. The first-order chi connectivity index (χ1) is 13.9. The van der Waals surface area contributed by atoms with E-state index in [1.807, 2.05) is 36.4 Å². The van der Waals surface area contributed by atoms with Crippen LogP contribution in [-0.2, 0) is 14.6 Å². The van der Waals surface area contributed by atoms with Crippen LogP contribution in [0.15, 0.2) is 48.8 Å². The third-order valence-electron chi connectivity index (χ3n) is 5.28. The topological polar surface area (TPSA) is 94.1 Å². The van der Waals surface area contributed by atoms with Gasteiger partial charge in [-0.2, -0.15) is 0 Å². The van der Waals surface area contributed by atoms with Gasteiger partial charge in [-0.15, -0.1) is 0 Å². The number of hydrogen-bond acceptors (Lipinski definition) is 7. The molecule has 152 valence electrons. The largest absolute Gasteiger partial charge is 0.381 e. The minimum atomic E-state index is -3.12. The van der Waals surface area contributed by atoms with Crippen LogP contribution in [0.1, 0.15) is 12.8 Å². The predicted molar refractivity (Wildman–Crippen MR) is 113 cm³/mol. The maximum atomic E-state index is 12.1. The van der Waals surface area contributed by atoms with E-state index in [1.54, 1.807) is 12.4 Å². The van der Waals surface area contributed by atoms with Crippen LogP contribution < -0.4 is 5.32 Å². The van der Waals surface area contributed by atoms with Gasteiger partial charge in [0.1, 0.15) is 15.7 Å². The average molecular weight is 413 g/mol. The van der Waals surface area contributed by atoms with E-state index in [0.29, 0.717) is 44.2 Å². The Morgan fingerprint density at radius 1 is 1.10 bits per heavy atom. The third-order valence-corrected chi connectivity index (χ3v) is 6.41. The molecular weight excluding hydrogens is 388 g/mol. The molecule has 0 bridgehead atoms. The van der Waals surface area contributed by atoms with E-state index < -0.39 is 9.84 Å². The van der Waals surface area contributed by atoms with E-state index in [9.17, 15) is 8.42 Å². The molecule has 4 rings (SSSR count). The summed E-state index contributed by atoms with van der Waals surface area (Å²) in [6, 6.07) is 11.6. The highest BCUT2D eigenvalue weighted by Crippen LogP contribution is 2.33. The van der Waals surface area contributed by atoms with Gasteiger partial charge in [-0.25, -0.2) is 18.4 Å². The van der Waals surface area contributed by atoms with Crippen molar-refractivity contribution in [1.82, 2.24) is 15.0 Å². The Bertz CT molecular complexity index is 1100. The number of ether oxygens (including phenoxy) is 1. The number of hydrogen-bond donors (Lipinski definition) is 1. The van der Waals surface area contributed by atoms with Gasteiger partial charge in [-0.3, -0.25) is 4.98 Å². The lowest BCUT2D eigenvalue weighted by Crippen LogP contribution is -2.41. The van der Waals surface area contributed by atoms with Crippen molar-refractivity contribution in [1.29, 1.82) is 0 Å². The van der Waals surface area contributed by atoms with E-state index in [2.05, 4.69) is 15.3 Å². The molecule has 1 saturated heterocycles. The fraction of sp³-hybridized carbons (Fsp3) is 0.381. The standard InChI is InChI=1S/C21H24N4O3S/c1-29(26,27)15-21(8-11-28-12-9-21)14-23-20-17-6-2-3-7-18(17)24-19(25-20)16-5-4-10-22-13-16/h2-7,10,13H,8-9,11-12,14-15H2,1H3,(H,23,24,25). The van der Waals surface area contributed by atoms with E-state index in [1.165, 1.54) is 6.26 Å². The van der Waals surface area contributed by atoms with Gasteiger partial charge in [-0.05, 0) is 37.1 Å². The van der Waals surface area contributed by atoms with Crippen molar-refractivity contribution < 1.29 is 13.2 Å². The zero-order valence-electron chi connectivity index (χ0n) is 16.3. The Balaban J connectivity index is 1.69. The van der Waals surface area contributed by atoms with E-state index >= 15 is 0 Å². The second kappa shape index (κ2) is 8.04. The maximum Gasteiger partial charge on any atom is 0.163 e. The molecule has 1 aromatic carbocycles. The first-order valence-electron chi connectivity index (χ1n) is 9.61. The molecule has 0 aliphatic carbocycles. The lowest BCUT2D eigenvalue weighted by atomic mass is 9.82. The molecule has 0 amide bonds. The van der Waals surface area contributed by atoms with Crippen LogP contribution in [0.4, 0.5) is 5.82 Å². The van der Waals surface area contributed by atoms with Crippen LogP contribution in [0.3, 0.4) is 0 Å². The predicted octanol–water partition coefficient (Wildman–Crippen LogP) is 2.95. The summed E-state index contributed by atoms with van der Waals surface area (Å²) in [7, 11) is -3.12. The number of pyridine rings is 1. The number of rotatable bonds is 6. The average Bonchev–Trinajstić information content (AvgIpc) is 2.72. The van der Waals surface area contributed by atoms with Gasteiger partial charge in [0, 0.05) is 54.8 Å². The molecule has 7 nitrogen and oxygen atoms in total. The van der Waals surface area contributed by atoms with Crippen molar-refractivity contribution >= 4 is 26.6 Å². The van der Waals surface area contributed by atoms with Gasteiger partial charge < -0.3 is 10.1 Å². The molecule has 1 aliphatic rings. The van der Waals surface area contributed by atoms with Gasteiger partial charge in [0.05, 0.1) is 11.3 Å². The van der Waals surface area contributed by atoms with Crippen molar-refractivity contribution in [2.45, 2.75) is 12.8 Å². The van der Waals surface area contributed by atoms with Crippen LogP contribution in [0.5, 0.6) is 0 Å². The molecule has 0 atom stereocenters. The Hall–Kier alpha value is -2.58. The molecule has 29 heavy (non-hydrogen) atoms. The Morgan fingerprint density at radius 2 is 1.90 bits per heavy atom. The molecular formula is C21H24N4O3S. The molecule has 0 saturated carbocycles. The SMILES string of the molecule is CS(=O)(=O)CC1(CNc2nc(-c3cccnc3)nc3ccccc23)CCOCC1. The monoisotopic (exact) mass is 412 g/mol. The first kappa shape index (κ1) is 19.7. The van der Waals surface area contributed by atoms with E-state index in [4.69, 9.17) is 9.72 Å². The van der Waals surface area contributed by atoms with Gasteiger partial charge in [0.25, 0.3) is 0 Å². The van der Waals surface area contributed by atoms with Crippen LogP contribution in [0.25, 0.3) is 22.3 Å². The Morgan fingerprint density at radius 3 is 2.62 bits per heavy atom. The third kappa shape index (κ3) is 4.71. The smallest absolute Gasteiger partial charge is 0.163 e. The van der Waals surface area contributed by atoms with Gasteiger partial charge in [-0.1, -0.05) is 12.1 Å². The lowest BCUT2D eigenvalue weighted by molar-refractivity contribution is 0.0315. The summed E-state index contributed by atoms with van der Waals surface area (Å²) < 4.78 is 29.6. The molecule has 0 radical (unpaired) electrons. The number of sulfone groups is 1. The fourth-order valence-electron chi connectivity index (χ4n) is 3.84. The number of benzene rings is 1. The summed E-state index contributed by atoms with van der Waals surface area (Å²) in [6.07, 6.45) is 6.14. The molecule has 1 aliphatic heterocycles. The van der Waals surface area contributed by atoms with Gasteiger partial charge in [0.15, 0.2) is 5.82 Å².